The molecule has 2 heteroatoms. The third-order valence-electron chi connectivity index (χ3n) is 1.84. The summed E-state index contributed by atoms with van der Waals surface area (Å²) in [6, 6.07) is 8.29. The normalized spacial score (nSPS) is 10.7. The van der Waals surface area contributed by atoms with Crippen molar-refractivity contribution in [3.8, 4) is 0 Å². The van der Waals surface area contributed by atoms with E-state index in [1.807, 2.05) is 12.1 Å². The van der Waals surface area contributed by atoms with Gasteiger partial charge in [0, 0.05) is 13.6 Å². The van der Waals surface area contributed by atoms with Crippen molar-refractivity contribution in [3.63, 3.8) is 0 Å². The maximum Gasteiger partial charge on any atom is 0.0485 e. The third kappa shape index (κ3) is 2.64. The standard InChI is InChI=1S/C10H15NO/c1-3-9-4-6-10(7-5-9)8-11(2)12/h4-7,12H,3,8H2,1-2H3. The maximum atomic E-state index is 8.97. The van der Waals surface area contributed by atoms with Gasteiger partial charge >= 0.3 is 0 Å². The van der Waals surface area contributed by atoms with E-state index >= 15 is 0 Å². The lowest BCUT2D eigenvalue weighted by Crippen LogP contribution is -2.11. The Morgan fingerprint density at radius 2 is 1.67 bits per heavy atom. The van der Waals surface area contributed by atoms with Crippen molar-refractivity contribution in [2.75, 3.05) is 7.05 Å². The zero-order valence-electron chi connectivity index (χ0n) is 7.62. The van der Waals surface area contributed by atoms with Crippen LogP contribution in [0.25, 0.3) is 0 Å². The zero-order valence-corrected chi connectivity index (χ0v) is 7.62. The molecular formula is C10H15NO. The molecule has 1 rings (SSSR count). The highest BCUT2D eigenvalue weighted by Crippen LogP contribution is 2.05. The molecule has 1 aromatic rings. The summed E-state index contributed by atoms with van der Waals surface area (Å²) >= 11 is 0. The van der Waals surface area contributed by atoms with E-state index in [1.54, 1.807) is 7.05 Å². The molecule has 2 nitrogen and oxygen atoms in total. The van der Waals surface area contributed by atoms with Gasteiger partial charge in [0.05, 0.1) is 0 Å². The van der Waals surface area contributed by atoms with Crippen LogP contribution in [0.3, 0.4) is 0 Å². The van der Waals surface area contributed by atoms with Crippen molar-refractivity contribution in [3.05, 3.63) is 35.4 Å². The summed E-state index contributed by atoms with van der Waals surface area (Å²) in [6.45, 7) is 2.72. The molecule has 0 saturated heterocycles. The Hall–Kier alpha value is -0.860. The Morgan fingerprint density at radius 3 is 2.08 bits per heavy atom. The highest BCUT2D eigenvalue weighted by molar-refractivity contribution is 5.22. The van der Waals surface area contributed by atoms with Crippen LogP contribution in [0.1, 0.15) is 18.1 Å². The lowest BCUT2D eigenvalue weighted by Gasteiger charge is -2.07. The average molecular weight is 165 g/mol. The van der Waals surface area contributed by atoms with E-state index < -0.39 is 0 Å². The van der Waals surface area contributed by atoms with Crippen LogP contribution in [0.5, 0.6) is 0 Å². The molecule has 0 saturated carbocycles. The molecule has 1 aromatic carbocycles. The summed E-state index contributed by atoms with van der Waals surface area (Å²) < 4.78 is 0. The molecule has 0 heterocycles. The summed E-state index contributed by atoms with van der Waals surface area (Å²) in [7, 11) is 1.65. The number of nitrogens with zero attached hydrogens (tertiary/aromatic N) is 1. The molecule has 0 radical (unpaired) electrons. The summed E-state index contributed by atoms with van der Waals surface area (Å²) in [5.41, 5.74) is 2.47. The molecule has 0 bridgehead atoms. The molecule has 0 aliphatic rings. The van der Waals surface area contributed by atoms with Crippen LogP contribution in [0, 0.1) is 0 Å². The molecule has 1 N–H and O–H groups in total. The first-order valence-electron chi connectivity index (χ1n) is 4.20. The highest BCUT2D eigenvalue weighted by Gasteiger charge is 1.95. The first-order chi connectivity index (χ1) is 5.72. The Bertz CT molecular complexity index is 228. The minimum atomic E-state index is 0.587. The van der Waals surface area contributed by atoms with Crippen LogP contribution >= 0.6 is 0 Å². The first kappa shape index (κ1) is 9.23. The molecule has 0 spiro atoms. The molecule has 0 aromatic heterocycles. The van der Waals surface area contributed by atoms with Gasteiger partial charge in [-0.15, -0.1) is 0 Å². The van der Waals surface area contributed by atoms with Gasteiger partial charge < -0.3 is 5.21 Å². The molecule has 12 heavy (non-hydrogen) atoms. The lowest BCUT2D eigenvalue weighted by molar-refractivity contribution is -0.0731. The Balaban J connectivity index is 2.65. The topological polar surface area (TPSA) is 23.5 Å². The van der Waals surface area contributed by atoms with Gasteiger partial charge in [0.15, 0.2) is 0 Å². The van der Waals surface area contributed by atoms with Crippen LogP contribution < -0.4 is 0 Å². The van der Waals surface area contributed by atoms with E-state index in [-0.39, 0.29) is 0 Å². The van der Waals surface area contributed by atoms with Crippen molar-refractivity contribution >= 4 is 0 Å². The number of benzene rings is 1. The van der Waals surface area contributed by atoms with Crippen LogP contribution in [-0.4, -0.2) is 17.3 Å². The van der Waals surface area contributed by atoms with Gasteiger partial charge in [0.2, 0.25) is 0 Å². The number of rotatable bonds is 3. The highest BCUT2D eigenvalue weighted by atomic mass is 16.5. The minimum absolute atomic E-state index is 0.587. The monoisotopic (exact) mass is 165 g/mol. The average Bonchev–Trinajstić information content (AvgIpc) is 2.05. The Labute approximate surface area is 73.4 Å². The molecule has 0 amide bonds. The van der Waals surface area contributed by atoms with Gasteiger partial charge in [-0.2, -0.15) is 5.06 Å². The van der Waals surface area contributed by atoms with Crippen molar-refractivity contribution in [1.82, 2.24) is 5.06 Å². The van der Waals surface area contributed by atoms with Crippen LogP contribution in [-0.2, 0) is 13.0 Å². The third-order valence-corrected chi connectivity index (χ3v) is 1.84. The quantitative estimate of drug-likeness (QED) is 0.693. The van der Waals surface area contributed by atoms with Crippen molar-refractivity contribution < 1.29 is 5.21 Å². The second kappa shape index (κ2) is 4.24. The van der Waals surface area contributed by atoms with Crippen molar-refractivity contribution in [2.24, 2.45) is 0 Å². The smallest absolute Gasteiger partial charge is 0.0485 e. The number of hydrogen-bond acceptors (Lipinski definition) is 2. The molecule has 0 unspecified atom stereocenters. The summed E-state index contributed by atoms with van der Waals surface area (Å²) in [6.07, 6.45) is 1.06. The van der Waals surface area contributed by atoms with E-state index in [4.69, 9.17) is 5.21 Å². The van der Waals surface area contributed by atoms with Crippen molar-refractivity contribution in [1.29, 1.82) is 0 Å². The van der Waals surface area contributed by atoms with Crippen LogP contribution in [0.15, 0.2) is 24.3 Å². The SMILES string of the molecule is CCc1ccc(CN(C)O)cc1. The predicted molar refractivity (Wildman–Crippen MR) is 49.1 cm³/mol. The first-order valence-corrected chi connectivity index (χ1v) is 4.20. The maximum absolute atomic E-state index is 8.97. The molecule has 0 atom stereocenters. The lowest BCUT2D eigenvalue weighted by atomic mass is 10.1. The van der Waals surface area contributed by atoms with E-state index in [0.29, 0.717) is 6.54 Å². The van der Waals surface area contributed by atoms with E-state index in [2.05, 4.69) is 19.1 Å². The Morgan fingerprint density at radius 1 is 1.17 bits per heavy atom. The Kier molecular flexibility index (Phi) is 3.26. The number of hydroxylamine groups is 2. The zero-order chi connectivity index (χ0) is 8.97. The largest absolute Gasteiger partial charge is 0.314 e. The van der Waals surface area contributed by atoms with Crippen LogP contribution in [0.2, 0.25) is 0 Å². The second-order valence-corrected chi connectivity index (χ2v) is 2.99. The van der Waals surface area contributed by atoms with E-state index in [0.717, 1.165) is 12.0 Å². The molecule has 0 aliphatic carbocycles. The van der Waals surface area contributed by atoms with Crippen LogP contribution in [0.4, 0.5) is 0 Å². The van der Waals surface area contributed by atoms with Gasteiger partial charge in [-0.3, -0.25) is 0 Å². The fraction of sp³-hybridized carbons (Fsp3) is 0.400. The number of aryl methyl sites for hydroxylation is 1. The molecule has 0 fully saturated rings. The predicted octanol–water partition coefficient (Wildman–Crippen LogP) is 2.07. The molecule has 66 valence electrons. The molecular weight excluding hydrogens is 150 g/mol. The van der Waals surface area contributed by atoms with E-state index in [9.17, 15) is 0 Å². The van der Waals surface area contributed by atoms with Gasteiger partial charge in [0.1, 0.15) is 0 Å². The van der Waals surface area contributed by atoms with Gasteiger partial charge in [-0.25, -0.2) is 0 Å². The second-order valence-electron chi connectivity index (χ2n) is 2.99. The van der Waals surface area contributed by atoms with Gasteiger partial charge in [0.25, 0.3) is 0 Å². The minimum Gasteiger partial charge on any atom is -0.314 e. The summed E-state index contributed by atoms with van der Waals surface area (Å²) in [5.74, 6) is 0. The fourth-order valence-electron chi connectivity index (χ4n) is 1.14. The van der Waals surface area contributed by atoms with Gasteiger partial charge in [-0.05, 0) is 17.5 Å². The summed E-state index contributed by atoms with van der Waals surface area (Å²) in [5, 5.41) is 10.1. The number of hydrogen-bond donors (Lipinski definition) is 1. The van der Waals surface area contributed by atoms with E-state index in [1.165, 1.54) is 10.6 Å². The van der Waals surface area contributed by atoms with Gasteiger partial charge in [-0.1, -0.05) is 31.2 Å². The fourth-order valence-corrected chi connectivity index (χ4v) is 1.14. The molecule has 0 aliphatic heterocycles. The summed E-state index contributed by atoms with van der Waals surface area (Å²) in [4.78, 5) is 0. The van der Waals surface area contributed by atoms with Crippen molar-refractivity contribution in [2.45, 2.75) is 19.9 Å².